The molecular weight excluding hydrogens is 189 g/mol. The van der Waals surface area contributed by atoms with Gasteiger partial charge in [-0.2, -0.15) is 0 Å². The summed E-state index contributed by atoms with van der Waals surface area (Å²) in [6.07, 6.45) is 1.58. The van der Waals surface area contributed by atoms with Crippen LogP contribution in [0.15, 0.2) is 24.4 Å². The van der Waals surface area contributed by atoms with Gasteiger partial charge in [-0.05, 0) is 24.6 Å². The van der Waals surface area contributed by atoms with Gasteiger partial charge in [0.05, 0.1) is 15.9 Å². The van der Waals surface area contributed by atoms with Crippen molar-refractivity contribution in [2.24, 2.45) is 0 Å². The lowest BCUT2D eigenvalue weighted by atomic mass is 10.1. The second kappa shape index (κ2) is 2.96. The normalized spacial score (nSPS) is 10.7. The molecule has 0 spiro atoms. The van der Waals surface area contributed by atoms with Crippen molar-refractivity contribution in [1.29, 1.82) is 0 Å². The minimum atomic E-state index is -0.321. The Morgan fingerprint density at radius 1 is 1.31 bits per heavy atom. The summed E-state index contributed by atoms with van der Waals surface area (Å²) < 4.78 is 13.3. The topological polar surface area (TPSA) is 12.9 Å². The van der Waals surface area contributed by atoms with Gasteiger partial charge >= 0.3 is 0 Å². The molecule has 2 rings (SSSR count). The molecule has 0 N–H and O–H groups in total. The summed E-state index contributed by atoms with van der Waals surface area (Å²) in [6.45, 7) is 1.88. The predicted molar refractivity (Wildman–Crippen MR) is 51.4 cm³/mol. The van der Waals surface area contributed by atoms with E-state index in [0.29, 0.717) is 15.9 Å². The maximum atomic E-state index is 13.3. The van der Waals surface area contributed by atoms with Gasteiger partial charge in [0.1, 0.15) is 5.82 Å². The van der Waals surface area contributed by atoms with Crippen molar-refractivity contribution < 1.29 is 4.39 Å². The third-order valence-corrected chi connectivity index (χ3v) is 2.31. The van der Waals surface area contributed by atoms with E-state index in [1.165, 1.54) is 6.07 Å². The molecule has 1 heterocycles. The predicted octanol–water partition coefficient (Wildman–Crippen LogP) is 3.34. The van der Waals surface area contributed by atoms with E-state index in [1.54, 1.807) is 18.3 Å². The average molecular weight is 196 g/mol. The minimum Gasteiger partial charge on any atom is -0.256 e. The van der Waals surface area contributed by atoms with Gasteiger partial charge in [-0.3, -0.25) is 4.98 Å². The van der Waals surface area contributed by atoms with Crippen LogP contribution in [0, 0.1) is 12.7 Å². The molecule has 0 aliphatic carbocycles. The number of nitrogens with zero attached hydrogens (tertiary/aromatic N) is 1. The number of hydrogen-bond donors (Lipinski definition) is 0. The number of aromatic nitrogens is 1. The zero-order valence-electron chi connectivity index (χ0n) is 7.01. The standard InChI is InChI=1S/C10H7ClFN/c1-6-2-3-8(12)9-7(11)4-5-13-10(6)9/h2-5H,1H3. The van der Waals surface area contributed by atoms with Gasteiger partial charge < -0.3 is 0 Å². The van der Waals surface area contributed by atoms with E-state index >= 15 is 0 Å². The summed E-state index contributed by atoms with van der Waals surface area (Å²) in [5.74, 6) is -0.321. The fourth-order valence-electron chi connectivity index (χ4n) is 1.32. The molecule has 0 atom stereocenters. The third kappa shape index (κ3) is 1.27. The molecule has 1 aromatic carbocycles. The maximum absolute atomic E-state index is 13.3. The van der Waals surface area contributed by atoms with E-state index in [1.807, 2.05) is 6.92 Å². The van der Waals surface area contributed by atoms with Crippen LogP contribution >= 0.6 is 11.6 Å². The van der Waals surface area contributed by atoms with E-state index in [9.17, 15) is 4.39 Å². The molecule has 13 heavy (non-hydrogen) atoms. The first-order chi connectivity index (χ1) is 6.20. The molecule has 0 bridgehead atoms. The molecule has 0 radical (unpaired) electrons. The lowest BCUT2D eigenvalue weighted by molar-refractivity contribution is 0.639. The molecule has 2 aromatic rings. The summed E-state index contributed by atoms with van der Waals surface area (Å²) in [5, 5.41) is 0.815. The van der Waals surface area contributed by atoms with Gasteiger partial charge in [-0.15, -0.1) is 0 Å². The Bertz CT molecular complexity index is 459. The Kier molecular flexibility index (Phi) is 1.93. The first-order valence-corrected chi connectivity index (χ1v) is 4.27. The Morgan fingerprint density at radius 2 is 2.08 bits per heavy atom. The van der Waals surface area contributed by atoms with E-state index in [4.69, 9.17) is 11.6 Å². The van der Waals surface area contributed by atoms with Gasteiger partial charge in [-0.1, -0.05) is 17.7 Å². The Balaban J connectivity index is 3.00. The monoisotopic (exact) mass is 195 g/mol. The third-order valence-electron chi connectivity index (χ3n) is 1.99. The van der Waals surface area contributed by atoms with Crippen LogP contribution in [0.3, 0.4) is 0 Å². The fraction of sp³-hybridized carbons (Fsp3) is 0.100. The minimum absolute atomic E-state index is 0.321. The molecule has 66 valence electrons. The number of pyridine rings is 1. The van der Waals surface area contributed by atoms with Crippen LogP contribution in [0.1, 0.15) is 5.56 Å². The fourth-order valence-corrected chi connectivity index (χ4v) is 1.56. The largest absolute Gasteiger partial charge is 0.256 e. The number of rotatable bonds is 0. The van der Waals surface area contributed by atoms with Crippen LogP contribution in [0.2, 0.25) is 5.02 Å². The molecule has 0 amide bonds. The number of fused-ring (bicyclic) bond motifs is 1. The van der Waals surface area contributed by atoms with E-state index < -0.39 is 0 Å². The van der Waals surface area contributed by atoms with Gasteiger partial charge in [-0.25, -0.2) is 4.39 Å². The summed E-state index contributed by atoms with van der Waals surface area (Å²) in [7, 11) is 0. The molecular formula is C10H7ClFN. The Labute approximate surface area is 80.2 Å². The van der Waals surface area contributed by atoms with Gasteiger partial charge in [0.25, 0.3) is 0 Å². The number of aryl methyl sites for hydroxylation is 1. The van der Waals surface area contributed by atoms with Gasteiger partial charge in [0, 0.05) is 6.20 Å². The molecule has 0 saturated heterocycles. The number of hydrogen-bond acceptors (Lipinski definition) is 1. The smallest absolute Gasteiger partial charge is 0.134 e. The first-order valence-electron chi connectivity index (χ1n) is 3.89. The van der Waals surface area contributed by atoms with Crippen molar-refractivity contribution in [3.8, 4) is 0 Å². The van der Waals surface area contributed by atoms with Crippen LogP contribution in [0.4, 0.5) is 4.39 Å². The highest BCUT2D eigenvalue weighted by molar-refractivity contribution is 6.35. The Hall–Kier alpha value is -1.15. The van der Waals surface area contributed by atoms with Gasteiger partial charge in [0.15, 0.2) is 0 Å². The van der Waals surface area contributed by atoms with Crippen LogP contribution in [-0.4, -0.2) is 4.98 Å². The average Bonchev–Trinajstić information content (AvgIpc) is 2.12. The quantitative estimate of drug-likeness (QED) is 0.628. The molecule has 1 nitrogen and oxygen atoms in total. The maximum Gasteiger partial charge on any atom is 0.134 e. The lowest BCUT2D eigenvalue weighted by Crippen LogP contribution is -1.87. The molecule has 0 saturated carbocycles. The highest BCUT2D eigenvalue weighted by Gasteiger charge is 2.07. The Morgan fingerprint density at radius 3 is 2.77 bits per heavy atom. The van der Waals surface area contributed by atoms with Crippen LogP contribution in [0.5, 0.6) is 0 Å². The molecule has 0 unspecified atom stereocenters. The second-order valence-corrected chi connectivity index (χ2v) is 3.29. The molecule has 0 aliphatic rings. The summed E-state index contributed by atoms with van der Waals surface area (Å²) in [6, 6.07) is 4.69. The highest BCUT2D eigenvalue weighted by Crippen LogP contribution is 2.26. The second-order valence-electron chi connectivity index (χ2n) is 2.88. The van der Waals surface area contributed by atoms with Crippen molar-refractivity contribution >= 4 is 22.5 Å². The zero-order valence-corrected chi connectivity index (χ0v) is 7.77. The van der Waals surface area contributed by atoms with Crippen molar-refractivity contribution in [3.05, 3.63) is 40.8 Å². The lowest BCUT2D eigenvalue weighted by Gasteiger charge is -2.03. The van der Waals surface area contributed by atoms with Crippen molar-refractivity contribution in [3.63, 3.8) is 0 Å². The van der Waals surface area contributed by atoms with Gasteiger partial charge in [0.2, 0.25) is 0 Å². The summed E-state index contributed by atoms with van der Waals surface area (Å²) in [5.41, 5.74) is 1.56. The highest BCUT2D eigenvalue weighted by atomic mass is 35.5. The van der Waals surface area contributed by atoms with E-state index in [0.717, 1.165) is 5.56 Å². The van der Waals surface area contributed by atoms with E-state index in [2.05, 4.69) is 4.98 Å². The van der Waals surface area contributed by atoms with Crippen LogP contribution in [0.25, 0.3) is 10.9 Å². The summed E-state index contributed by atoms with van der Waals surface area (Å²) in [4.78, 5) is 4.08. The zero-order chi connectivity index (χ0) is 9.42. The number of benzene rings is 1. The molecule has 3 heteroatoms. The first kappa shape index (κ1) is 8.45. The SMILES string of the molecule is Cc1ccc(F)c2c(Cl)ccnc12. The van der Waals surface area contributed by atoms with E-state index in [-0.39, 0.29) is 5.82 Å². The van der Waals surface area contributed by atoms with Crippen LogP contribution < -0.4 is 0 Å². The van der Waals surface area contributed by atoms with Crippen molar-refractivity contribution in [2.45, 2.75) is 6.92 Å². The molecule has 0 fully saturated rings. The molecule has 1 aromatic heterocycles. The van der Waals surface area contributed by atoms with Crippen molar-refractivity contribution in [2.75, 3.05) is 0 Å². The van der Waals surface area contributed by atoms with Crippen LogP contribution in [-0.2, 0) is 0 Å². The number of halogens is 2. The molecule has 0 aliphatic heterocycles. The van der Waals surface area contributed by atoms with Crippen molar-refractivity contribution in [1.82, 2.24) is 4.98 Å². The summed E-state index contributed by atoms with van der Waals surface area (Å²) >= 11 is 5.85.